The highest BCUT2D eigenvalue weighted by Gasteiger charge is 2.20. The van der Waals surface area contributed by atoms with Gasteiger partial charge >= 0.3 is 10.2 Å². The van der Waals surface area contributed by atoms with E-state index in [0.717, 1.165) is 12.3 Å². The van der Waals surface area contributed by atoms with Crippen molar-refractivity contribution in [1.29, 1.82) is 0 Å². The second-order valence-corrected chi connectivity index (χ2v) is 5.32. The minimum atomic E-state index is -3.60. The number of rotatable bonds is 4. The molecule has 0 saturated heterocycles. The summed E-state index contributed by atoms with van der Waals surface area (Å²) in [6, 6.07) is 2.24. The fraction of sp³-hybridized carbons (Fsp3) is 0.444. The lowest BCUT2D eigenvalue weighted by Crippen LogP contribution is -2.37. The average molecular weight is 247 g/mol. The third kappa shape index (κ3) is 3.14. The van der Waals surface area contributed by atoms with Crippen LogP contribution in [-0.2, 0) is 10.2 Å². The summed E-state index contributed by atoms with van der Waals surface area (Å²) < 4.78 is 39.4. The molecule has 1 N–H and O–H groups in total. The smallest absolute Gasteiger partial charge is 0.269 e. The summed E-state index contributed by atoms with van der Waals surface area (Å²) >= 11 is 0. The monoisotopic (exact) mass is 247 g/mol. The molecule has 1 heterocycles. The van der Waals surface area contributed by atoms with Crippen molar-refractivity contribution in [3.63, 3.8) is 0 Å². The van der Waals surface area contributed by atoms with Gasteiger partial charge in [-0.25, -0.2) is 4.98 Å². The molecule has 0 spiro atoms. The van der Waals surface area contributed by atoms with E-state index in [9.17, 15) is 12.8 Å². The first-order valence-corrected chi connectivity index (χ1v) is 6.14. The van der Waals surface area contributed by atoms with Gasteiger partial charge in [0.05, 0.1) is 11.9 Å². The Balaban J connectivity index is 2.85. The molecule has 0 aliphatic heterocycles. The predicted molar refractivity (Wildman–Crippen MR) is 59.6 cm³/mol. The van der Waals surface area contributed by atoms with E-state index in [2.05, 4.69) is 9.71 Å². The molecule has 90 valence electrons. The van der Waals surface area contributed by atoms with Crippen molar-refractivity contribution in [1.82, 2.24) is 9.29 Å². The van der Waals surface area contributed by atoms with Crippen molar-refractivity contribution >= 4 is 15.9 Å². The molecule has 0 aliphatic carbocycles. The number of hydrogen-bond donors (Lipinski definition) is 1. The standard InChI is InChI=1S/C9H14FN3O2S/c1-7(2)13(3)16(14,15)12-8-4-5-9(10)11-6-8/h4-7,12H,1-3H3. The molecule has 5 nitrogen and oxygen atoms in total. The van der Waals surface area contributed by atoms with Crippen LogP contribution in [0.2, 0.25) is 0 Å². The van der Waals surface area contributed by atoms with Crippen LogP contribution in [0.4, 0.5) is 10.1 Å². The molecule has 0 aromatic carbocycles. The summed E-state index contributed by atoms with van der Waals surface area (Å²) in [4.78, 5) is 3.36. The third-order valence-corrected chi connectivity index (χ3v) is 3.75. The van der Waals surface area contributed by atoms with E-state index in [1.54, 1.807) is 13.8 Å². The molecule has 16 heavy (non-hydrogen) atoms. The molecule has 0 atom stereocenters. The van der Waals surface area contributed by atoms with Crippen molar-refractivity contribution < 1.29 is 12.8 Å². The van der Waals surface area contributed by atoms with Crippen LogP contribution in [0.25, 0.3) is 0 Å². The first-order chi connectivity index (χ1) is 7.33. The molecule has 7 heteroatoms. The lowest BCUT2D eigenvalue weighted by Gasteiger charge is -2.21. The van der Waals surface area contributed by atoms with Crippen LogP contribution in [0.3, 0.4) is 0 Å². The minimum Gasteiger partial charge on any atom is -0.269 e. The number of nitrogens with zero attached hydrogens (tertiary/aromatic N) is 2. The molecule has 0 amide bonds. The third-order valence-electron chi connectivity index (χ3n) is 2.08. The Morgan fingerprint density at radius 3 is 2.50 bits per heavy atom. The van der Waals surface area contributed by atoms with Gasteiger partial charge < -0.3 is 0 Å². The molecule has 1 aromatic heterocycles. The highest BCUT2D eigenvalue weighted by atomic mass is 32.2. The average Bonchev–Trinajstić information content (AvgIpc) is 2.20. The van der Waals surface area contributed by atoms with Crippen LogP contribution >= 0.6 is 0 Å². The minimum absolute atomic E-state index is 0.161. The van der Waals surface area contributed by atoms with E-state index in [0.29, 0.717) is 0 Å². The fourth-order valence-corrected chi connectivity index (χ4v) is 2.05. The van der Waals surface area contributed by atoms with Gasteiger partial charge in [0, 0.05) is 13.1 Å². The van der Waals surface area contributed by atoms with Crippen molar-refractivity contribution in [2.24, 2.45) is 0 Å². The predicted octanol–water partition coefficient (Wildman–Crippen LogP) is 1.22. The highest BCUT2D eigenvalue weighted by molar-refractivity contribution is 7.90. The molecule has 0 saturated carbocycles. The van der Waals surface area contributed by atoms with Gasteiger partial charge in [-0.05, 0) is 26.0 Å². The van der Waals surface area contributed by atoms with Crippen LogP contribution < -0.4 is 4.72 Å². The Bertz CT molecular complexity index is 444. The Morgan fingerprint density at radius 2 is 2.06 bits per heavy atom. The number of nitrogens with one attached hydrogen (secondary N) is 1. The van der Waals surface area contributed by atoms with E-state index >= 15 is 0 Å². The SMILES string of the molecule is CC(C)N(C)S(=O)(=O)Nc1ccc(F)nc1. The summed E-state index contributed by atoms with van der Waals surface area (Å²) in [5.41, 5.74) is 0.230. The Hall–Kier alpha value is -1.21. The molecule has 0 radical (unpaired) electrons. The van der Waals surface area contributed by atoms with Crippen molar-refractivity contribution in [3.8, 4) is 0 Å². The Morgan fingerprint density at radius 1 is 1.44 bits per heavy atom. The van der Waals surface area contributed by atoms with E-state index < -0.39 is 16.2 Å². The van der Waals surface area contributed by atoms with E-state index in [1.807, 2.05) is 0 Å². The lowest BCUT2D eigenvalue weighted by molar-refractivity contribution is 0.414. The van der Waals surface area contributed by atoms with Gasteiger partial charge in [-0.1, -0.05) is 0 Å². The molecule has 1 rings (SSSR count). The van der Waals surface area contributed by atoms with Crippen LogP contribution in [0.1, 0.15) is 13.8 Å². The zero-order chi connectivity index (χ0) is 12.3. The van der Waals surface area contributed by atoms with Crippen LogP contribution in [0, 0.1) is 5.95 Å². The van der Waals surface area contributed by atoms with E-state index in [-0.39, 0.29) is 11.7 Å². The molecule has 0 aliphatic rings. The first-order valence-electron chi connectivity index (χ1n) is 4.70. The summed E-state index contributed by atoms with van der Waals surface area (Å²) in [5, 5.41) is 0. The maximum absolute atomic E-state index is 12.5. The zero-order valence-electron chi connectivity index (χ0n) is 9.31. The van der Waals surface area contributed by atoms with E-state index in [4.69, 9.17) is 0 Å². The topological polar surface area (TPSA) is 62.3 Å². The summed E-state index contributed by atoms with van der Waals surface area (Å²) in [6.07, 6.45) is 1.13. The van der Waals surface area contributed by atoms with Gasteiger partial charge in [0.15, 0.2) is 0 Å². The fourth-order valence-electron chi connectivity index (χ4n) is 0.935. The molecule has 0 bridgehead atoms. The van der Waals surface area contributed by atoms with Gasteiger partial charge in [0.2, 0.25) is 5.95 Å². The summed E-state index contributed by atoms with van der Waals surface area (Å²) in [5.74, 6) is -0.653. The Kier molecular flexibility index (Phi) is 3.82. The van der Waals surface area contributed by atoms with Gasteiger partial charge in [-0.2, -0.15) is 17.1 Å². The molecule has 0 unspecified atom stereocenters. The molecular weight excluding hydrogens is 233 g/mol. The van der Waals surface area contributed by atoms with Gasteiger partial charge in [0.1, 0.15) is 0 Å². The quantitative estimate of drug-likeness (QED) is 0.814. The second-order valence-electron chi connectivity index (χ2n) is 3.59. The molecular formula is C9H14FN3O2S. The van der Waals surface area contributed by atoms with Crippen molar-refractivity contribution in [2.75, 3.05) is 11.8 Å². The molecule has 1 aromatic rings. The van der Waals surface area contributed by atoms with Crippen LogP contribution in [0.5, 0.6) is 0 Å². The van der Waals surface area contributed by atoms with Crippen LogP contribution in [-0.4, -0.2) is 30.8 Å². The Labute approximate surface area is 94.5 Å². The van der Waals surface area contributed by atoms with Crippen LogP contribution in [0.15, 0.2) is 18.3 Å². The first kappa shape index (κ1) is 12.9. The van der Waals surface area contributed by atoms with Gasteiger partial charge in [0.25, 0.3) is 0 Å². The number of hydrogen-bond acceptors (Lipinski definition) is 3. The largest absolute Gasteiger partial charge is 0.301 e. The van der Waals surface area contributed by atoms with Gasteiger partial charge in [-0.3, -0.25) is 4.72 Å². The normalized spacial score (nSPS) is 12.1. The summed E-state index contributed by atoms with van der Waals surface area (Å²) in [6.45, 7) is 3.50. The second kappa shape index (κ2) is 4.75. The summed E-state index contributed by atoms with van der Waals surface area (Å²) in [7, 11) is -2.14. The van der Waals surface area contributed by atoms with Crippen molar-refractivity contribution in [3.05, 3.63) is 24.3 Å². The maximum Gasteiger partial charge on any atom is 0.301 e. The highest BCUT2D eigenvalue weighted by Crippen LogP contribution is 2.11. The number of aromatic nitrogens is 1. The number of pyridine rings is 1. The van der Waals surface area contributed by atoms with E-state index in [1.165, 1.54) is 17.4 Å². The molecule has 0 fully saturated rings. The lowest BCUT2D eigenvalue weighted by atomic mass is 10.4. The van der Waals surface area contributed by atoms with Crippen molar-refractivity contribution in [2.45, 2.75) is 19.9 Å². The maximum atomic E-state index is 12.5. The number of anilines is 1. The zero-order valence-corrected chi connectivity index (χ0v) is 10.1. The number of halogens is 1. The van der Waals surface area contributed by atoms with Gasteiger partial charge in [-0.15, -0.1) is 0 Å².